The number of nitrogens with two attached hydrogens (primary N) is 1. The maximum absolute atomic E-state index is 11.6. The molecule has 0 aromatic heterocycles. The maximum Gasteiger partial charge on any atom is 0.314 e. The molecule has 0 saturated carbocycles. The lowest BCUT2D eigenvalue weighted by atomic mass is 9.95. The van der Waals surface area contributed by atoms with Crippen molar-refractivity contribution in [3.8, 4) is 5.75 Å². The molecule has 106 valence electrons. The molecular weight excluding hydrogens is 266 g/mol. The first-order valence-electron chi connectivity index (χ1n) is 6.04. The average Bonchev–Trinajstić information content (AvgIpc) is 2.36. The Labute approximate surface area is 118 Å². The van der Waals surface area contributed by atoms with Gasteiger partial charge in [-0.15, -0.1) is 0 Å². The summed E-state index contributed by atoms with van der Waals surface area (Å²) in [5, 5.41) is 0.604. The zero-order chi connectivity index (χ0) is 14.6. The highest BCUT2D eigenvalue weighted by atomic mass is 35.5. The molecule has 0 heterocycles. The molecule has 2 N–H and O–H groups in total. The van der Waals surface area contributed by atoms with Gasteiger partial charge in [0.15, 0.2) is 0 Å². The van der Waals surface area contributed by atoms with Gasteiger partial charge < -0.3 is 15.2 Å². The van der Waals surface area contributed by atoms with Gasteiger partial charge in [0.05, 0.1) is 12.5 Å². The third-order valence-electron chi connectivity index (χ3n) is 2.79. The monoisotopic (exact) mass is 285 g/mol. The molecule has 0 spiro atoms. The van der Waals surface area contributed by atoms with Gasteiger partial charge in [-0.1, -0.05) is 11.6 Å². The number of carbonyl (C=O) groups excluding carboxylic acids is 1. The van der Waals surface area contributed by atoms with Crippen LogP contribution >= 0.6 is 11.6 Å². The molecule has 0 bridgehead atoms. The largest absolute Gasteiger partial charge is 0.492 e. The highest BCUT2D eigenvalue weighted by Crippen LogP contribution is 2.29. The van der Waals surface area contributed by atoms with Gasteiger partial charge in [-0.25, -0.2) is 0 Å². The van der Waals surface area contributed by atoms with Gasteiger partial charge >= 0.3 is 5.97 Å². The van der Waals surface area contributed by atoms with E-state index in [0.29, 0.717) is 10.8 Å². The summed E-state index contributed by atoms with van der Waals surface area (Å²) in [6.07, 6.45) is 0. The molecule has 19 heavy (non-hydrogen) atoms. The van der Waals surface area contributed by atoms with Crippen LogP contribution in [-0.2, 0) is 9.53 Å². The van der Waals surface area contributed by atoms with Crippen LogP contribution in [0.25, 0.3) is 0 Å². The fourth-order valence-corrected chi connectivity index (χ4v) is 1.78. The Hall–Kier alpha value is -1.26. The lowest BCUT2D eigenvalue weighted by molar-refractivity contribution is -0.152. The van der Waals surface area contributed by atoms with Crippen molar-refractivity contribution in [1.29, 1.82) is 0 Å². The van der Waals surface area contributed by atoms with Crippen molar-refractivity contribution in [1.82, 2.24) is 0 Å². The molecule has 0 aliphatic carbocycles. The van der Waals surface area contributed by atoms with Crippen molar-refractivity contribution >= 4 is 17.6 Å². The average molecular weight is 286 g/mol. The number of carbonyl (C=O) groups is 1. The van der Waals surface area contributed by atoms with Crippen LogP contribution in [0.15, 0.2) is 18.2 Å². The fraction of sp³-hybridized carbons (Fsp3) is 0.500. The predicted octanol–water partition coefficient (Wildman–Crippen LogP) is 2.94. The number of benzene rings is 1. The zero-order valence-corrected chi connectivity index (χ0v) is 12.5. The fourth-order valence-electron chi connectivity index (χ4n) is 1.60. The van der Waals surface area contributed by atoms with Gasteiger partial charge in [-0.2, -0.15) is 0 Å². The van der Waals surface area contributed by atoms with Gasteiger partial charge in [0.1, 0.15) is 12.4 Å². The molecule has 1 aromatic carbocycles. The number of methoxy groups -OCH3 is 1. The summed E-state index contributed by atoms with van der Waals surface area (Å²) < 4.78 is 10.4. The minimum Gasteiger partial charge on any atom is -0.492 e. The summed E-state index contributed by atoms with van der Waals surface area (Å²) in [5.41, 5.74) is 5.97. The molecule has 4 nitrogen and oxygen atoms in total. The molecule has 1 atom stereocenters. The lowest BCUT2D eigenvalue weighted by Gasteiger charge is -2.23. The number of hydrogen-bond donors (Lipinski definition) is 1. The number of hydrogen-bond acceptors (Lipinski definition) is 4. The molecule has 0 aliphatic heterocycles. The summed E-state index contributed by atoms with van der Waals surface area (Å²) >= 11 is 5.94. The first-order chi connectivity index (χ1) is 8.77. The van der Waals surface area contributed by atoms with Crippen LogP contribution in [-0.4, -0.2) is 19.7 Å². The molecule has 0 unspecified atom stereocenters. The van der Waals surface area contributed by atoms with Crippen molar-refractivity contribution in [2.75, 3.05) is 13.7 Å². The molecule has 0 fully saturated rings. The molecule has 0 aliphatic rings. The second-order valence-corrected chi connectivity index (χ2v) is 5.57. The maximum atomic E-state index is 11.6. The van der Waals surface area contributed by atoms with E-state index in [2.05, 4.69) is 0 Å². The van der Waals surface area contributed by atoms with Crippen LogP contribution in [0.1, 0.15) is 32.4 Å². The third-order valence-corrected chi connectivity index (χ3v) is 3.02. The molecule has 1 aromatic rings. The van der Waals surface area contributed by atoms with Crippen LogP contribution in [0.3, 0.4) is 0 Å². The Morgan fingerprint density at radius 1 is 1.47 bits per heavy atom. The lowest BCUT2D eigenvalue weighted by Crippen LogP contribution is -2.32. The highest BCUT2D eigenvalue weighted by Gasteiger charge is 2.30. The van der Waals surface area contributed by atoms with Crippen LogP contribution < -0.4 is 10.5 Å². The summed E-state index contributed by atoms with van der Waals surface area (Å²) in [5.74, 6) is 0.320. The quantitative estimate of drug-likeness (QED) is 0.845. The Morgan fingerprint density at radius 3 is 2.63 bits per heavy atom. The van der Waals surface area contributed by atoms with Crippen LogP contribution in [0.4, 0.5) is 0 Å². The van der Waals surface area contributed by atoms with Crippen molar-refractivity contribution in [2.45, 2.75) is 26.8 Å². The third kappa shape index (κ3) is 4.11. The highest BCUT2D eigenvalue weighted by molar-refractivity contribution is 6.30. The van der Waals surface area contributed by atoms with Crippen molar-refractivity contribution in [2.24, 2.45) is 11.1 Å². The van der Waals surface area contributed by atoms with E-state index in [-0.39, 0.29) is 18.6 Å². The van der Waals surface area contributed by atoms with E-state index in [9.17, 15) is 4.79 Å². The minimum absolute atomic E-state index is 0.199. The molecule has 0 radical (unpaired) electrons. The van der Waals surface area contributed by atoms with Crippen molar-refractivity contribution in [3.63, 3.8) is 0 Å². The summed E-state index contributed by atoms with van der Waals surface area (Å²) in [4.78, 5) is 11.6. The molecule has 1 rings (SSSR count). The van der Waals surface area contributed by atoms with E-state index in [1.807, 2.05) is 6.92 Å². The van der Waals surface area contributed by atoms with Crippen LogP contribution in [0.2, 0.25) is 5.02 Å². The van der Waals surface area contributed by atoms with Gasteiger partial charge in [-0.3, -0.25) is 4.79 Å². The molecule has 0 saturated heterocycles. The zero-order valence-electron chi connectivity index (χ0n) is 11.7. The Bertz CT molecular complexity index is 458. The standard InChI is InChI=1S/C14H20ClNO3/c1-9(16)11-7-10(15)5-6-12(11)19-8-14(2,3)13(17)18-4/h5-7,9H,8,16H2,1-4H3/t9-/m1/s1. The Kier molecular flexibility index (Phi) is 5.20. The van der Waals surface area contributed by atoms with Crippen molar-refractivity contribution in [3.05, 3.63) is 28.8 Å². The van der Waals surface area contributed by atoms with Gasteiger partial charge in [-0.05, 0) is 39.0 Å². The summed E-state index contributed by atoms with van der Waals surface area (Å²) in [7, 11) is 1.36. The molecular formula is C14H20ClNO3. The SMILES string of the molecule is COC(=O)C(C)(C)COc1ccc(Cl)cc1[C@@H](C)N. The van der Waals surface area contributed by atoms with Crippen LogP contribution in [0.5, 0.6) is 5.75 Å². The van der Waals surface area contributed by atoms with Gasteiger partial charge in [0.2, 0.25) is 0 Å². The number of halogens is 1. The normalized spacial score (nSPS) is 12.9. The van der Waals surface area contributed by atoms with E-state index >= 15 is 0 Å². The van der Waals surface area contributed by atoms with E-state index in [0.717, 1.165) is 5.56 Å². The number of rotatable bonds is 5. The minimum atomic E-state index is -0.719. The van der Waals surface area contributed by atoms with Gasteiger partial charge in [0, 0.05) is 16.6 Å². The number of esters is 1. The molecule has 0 amide bonds. The summed E-state index contributed by atoms with van der Waals surface area (Å²) in [6.45, 7) is 5.59. The van der Waals surface area contributed by atoms with E-state index in [1.165, 1.54) is 7.11 Å². The second-order valence-electron chi connectivity index (χ2n) is 5.13. The molecule has 5 heteroatoms. The van der Waals surface area contributed by atoms with Crippen molar-refractivity contribution < 1.29 is 14.3 Å². The first kappa shape index (κ1) is 15.8. The van der Waals surface area contributed by atoms with E-state index in [1.54, 1.807) is 32.0 Å². The number of ether oxygens (including phenoxy) is 2. The van der Waals surface area contributed by atoms with Crippen LogP contribution in [0, 0.1) is 5.41 Å². The predicted molar refractivity (Wildman–Crippen MR) is 75.3 cm³/mol. The second kappa shape index (κ2) is 6.26. The topological polar surface area (TPSA) is 61.5 Å². The van der Waals surface area contributed by atoms with Gasteiger partial charge in [0.25, 0.3) is 0 Å². The smallest absolute Gasteiger partial charge is 0.314 e. The summed E-state index contributed by atoms with van der Waals surface area (Å²) in [6, 6.07) is 5.06. The first-order valence-corrected chi connectivity index (χ1v) is 6.42. The van der Waals surface area contributed by atoms with E-state index < -0.39 is 5.41 Å². The van der Waals surface area contributed by atoms with E-state index in [4.69, 9.17) is 26.8 Å². The Morgan fingerprint density at radius 2 is 2.11 bits per heavy atom. The Balaban J connectivity index is 2.86.